The normalized spacial score (nSPS) is 20.6. The first-order chi connectivity index (χ1) is 19.4. The SMILES string of the molecule is CO[C@@H]1CCOC[C@H]1N(Cc1ccc(-c2c(F)cccc2F)cn1)C(=O)c1cc2nc(N)c3c(c2[nH]1)CO[C@H]3C. The van der Waals surface area contributed by atoms with Crippen LogP contribution in [0.4, 0.5) is 14.6 Å². The summed E-state index contributed by atoms with van der Waals surface area (Å²) < 4.78 is 45.8. The fourth-order valence-corrected chi connectivity index (χ4v) is 5.63. The van der Waals surface area contributed by atoms with Crippen molar-refractivity contribution in [3.63, 3.8) is 0 Å². The Morgan fingerprint density at radius 1 is 1.25 bits per heavy atom. The summed E-state index contributed by atoms with van der Waals surface area (Å²) in [6.45, 7) is 3.22. The van der Waals surface area contributed by atoms with E-state index in [1.165, 1.54) is 24.4 Å². The summed E-state index contributed by atoms with van der Waals surface area (Å²) in [5.41, 5.74) is 10.3. The number of rotatable bonds is 6. The number of benzene rings is 1. The molecule has 0 unspecified atom stereocenters. The first-order valence-electron chi connectivity index (χ1n) is 13.1. The maximum Gasteiger partial charge on any atom is 0.271 e. The molecule has 1 aromatic carbocycles. The quantitative estimate of drug-likeness (QED) is 0.363. The fourth-order valence-electron chi connectivity index (χ4n) is 5.63. The molecule has 0 spiro atoms. The minimum Gasteiger partial charge on any atom is -0.383 e. The maximum atomic E-state index is 14.3. The number of pyridine rings is 2. The Morgan fingerprint density at radius 2 is 2.05 bits per heavy atom. The van der Waals surface area contributed by atoms with Gasteiger partial charge in [-0.2, -0.15) is 0 Å². The molecule has 1 fully saturated rings. The van der Waals surface area contributed by atoms with Gasteiger partial charge in [0.25, 0.3) is 5.91 Å². The zero-order chi connectivity index (χ0) is 28.0. The molecule has 0 bridgehead atoms. The highest BCUT2D eigenvalue weighted by Crippen LogP contribution is 2.38. The highest BCUT2D eigenvalue weighted by Gasteiger charge is 2.36. The first-order valence-corrected chi connectivity index (χ1v) is 13.1. The number of anilines is 1. The minimum absolute atomic E-state index is 0.121. The average molecular weight is 550 g/mol. The third-order valence-electron chi connectivity index (χ3n) is 7.69. The molecule has 6 rings (SSSR count). The molecule has 5 heterocycles. The lowest BCUT2D eigenvalue weighted by Gasteiger charge is -2.38. The second kappa shape index (κ2) is 10.6. The molecule has 3 N–H and O–H groups in total. The van der Waals surface area contributed by atoms with Gasteiger partial charge in [-0.1, -0.05) is 12.1 Å². The van der Waals surface area contributed by atoms with Gasteiger partial charge >= 0.3 is 0 Å². The lowest BCUT2D eigenvalue weighted by Crippen LogP contribution is -2.52. The molecule has 3 atom stereocenters. The number of nitrogens with two attached hydrogens (primary N) is 1. The maximum absolute atomic E-state index is 14.3. The second-order valence-corrected chi connectivity index (χ2v) is 10.1. The van der Waals surface area contributed by atoms with Crippen molar-refractivity contribution < 1.29 is 27.8 Å². The molecule has 2 aliphatic heterocycles. The van der Waals surface area contributed by atoms with Crippen molar-refractivity contribution in [1.29, 1.82) is 0 Å². The van der Waals surface area contributed by atoms with Gasteiger partial charge in [0.2, 0.25) is 0 Å². The van der Waals surface area contributed by atoms with Crippen LogP contribution in [0.15, 0.2) is 42.6 Å². The molecule has 4 aromatic rings. The molecule has 0 aliphatic carbocycles. The van der Waals surface area contributed by atoms with E-state index in [0.29, 0.717) is 47.9 Å². The third kappa shape index (κ3) is 4.59. The van der Waals surface area contributed by atoms with E-state index in [-0.39, 0.29) is 36.8 Å². The number of hydrogen-bond acceptors (Lipinski definition) is 7. The zero-order valence-electron chi connectivity index (χ0n) is 22.1. The molecule has 1 amide bonds. The van der Waals surface area contributed by atoms with Crippen molar-refractivity contribution in [2.75, 3.05) is 26.1 Å². The van der Waals surface area contributed by atoms with Gasteiger partial charge in [-0.05, 0) is 37.6 Å². The van der Waals surface area contributed by atoms with Gasteiger partial charge in [0.15, 0.2) is 0 Å². The molecule has 40 heavy (non-hydrogen) atoms. The molecule has 1 saturated heterocycles. The number of carbonyl (C=O) groups excluding carboxylic acids is 1. The number of carbonyl (C=O) groups is 1. The van der Waals surface area contributed by atoms with Crippen LogP contribution in [0.5, 0.6) is 0 Å². The highest BCUT2D eigenvalue weighted by molar-refractivity contribution is 5.98. The number of nitrogens with one attached hydrogen (secondary N) is 1. The van der Waals surface area contributed by atoms with Crippen LogP contribution in [0.2, 0.25) is 0 Å². The summed E-state index contributed by atoms with van der Waals surface area (Å²) >= 11 is 0. The molecule has 208 valence electrons. The van der Waals surface area contributed by atoms with Gasteiger partial charge in [-0.15, -0.1) is 0 Å². The number of aromatic nitrogens is 3. The number of aromatic amines is 1. The number of nitrogens with zero attached hydrogens (tertiary/aromatic N) is 3. The lowest BCUT2D eigenvalue weighted by molar-refractivity contribution is -0.0716. The second-order valence-electron chi connectivity index (χ2n) is 10.1. The van der Waals surface area contributed by atoms with Crippen LogP contribution < -0.4 is 5.73 Å². The average Bonchev–Trinajstić information content (AvgIpc) is 3.56. The molecular formula is C29H29F2N5O4. The number of halogens is 2. The van der Waals surface area contributed by atoms with Crippen LogP contribution in [-0.2, 0) is 27.4 Å². The summed E-state index contributed by atoms with van der Waals surface area (Å²) in [7, 11) is 1.61. The Labute approximate surface area is 229 Å². The Bertz CT molecular complexity index is 1550. The predicted molar refractivity (Wildman–Crippen MR) is 143 cm³/mol. The fraction of sp³-hybridized carbons (Fsp3) is 0.345. The number of fused-ring (bicyclic) bond motifs is 3. The molecular weight excluding hydrogens is 520 g/mol. The first kappa shape index (κ1) is 26.3. The Hall–Kier alpha value is -3.93. The van der Waals surface area contributed by atoms with Crippen LogP contribution >= 0.6 is 0 Å². The van der Waals surface area contributed by atoms with Crippen molar-refractivity contribution in [2.24, 2.45) is 0 Å². The molecule has 11 heteroatoms. The molecule has 0 saturated carbocycles. The Kier molecular flexibility index (Phi) is 6.95. The van der Waals surface area contributed by atoms with E-state index in [9.17, 15) is 13.6 Å². The van der Waals surface area contributed by atoms with E-state index in [2.05, 4.69) is 15.0 Å². The summed E-state index contributed by atoms with van der Waals surface area (Å²) in [6, 6.07) is 8.26. The van der Waals surface area contributed by atoms with Gasteiger partial charge in [0.05, 0.1) is 60.3 Å². The van der Waals surface area contributed by atoms with Crippen molar-refractivity contribution in [2.45, 2.75) is 44.7 Å². The third-order valence-corrected chi connectivity index (χ3v) is 7.69. The largest absolute Gasteiger partial charge is 0.383 e. The summed E-state index contributed by atoms with van der Waals surface area (Å²) in [6.07, 6.45) is 1.60. The number of hydrogen-bond donors (Lipinski definition) is 2. The predicted octanol–water partition coefficient (Wildman–Crippen LogP) is 4.52. The van der Waals surface area contributed by atoms with E-state index in [0.717, 1.165) is 16.6 Å². The number of ether oxygens (including phenoxy) is 3. The summed E-state index contributed by atoms with van der Waals surface area (Å²) in [5, 5.41) is 0. The molecule has 9 nitrogen and oxygen atoms in total. The van der Waals surface area contributed by atoms with Crippen molar-refractivity contribution >= 4 is 22.8 Å². The van der Waals surface area contributed by atoms with Crippen LogP contribution in [-0.4, -0.2) is 58.2 Å². The Balaban J connectivity index is 1.35. The number of amides is 1. The van der Waals surface area contributed by atoms with Gasteiger partial charge < -0.3 is 29.8 Å². The molecule has 2 aliphatic rings. The van der Waals surface area contributed by atoms with E-state index in [4.69, 9.17) is 19.9 Å². The van der Waals surface area contributed by atoms with Gasteiger partial charge in [-0.3, -0.25) is 9.78 Å². The highest BCUT2D eigenvalue weighted by atomic mass is 19.1. The lowest BCUT2D eigenvalue weighted by atomic mass is 10.0. The van der Waals surface area contributed by atoms with E-state index in [1.807, 2.05) is 6.92 Å². The van der Waals surface area contributed by atoms with E-state index >= 15 is 0 Å². The van der Waals surface area contributed by atoms with Gasteiger partial charge in [0.1, 0.15) is 23.1 Å². The van der Waals surface area contributed by atoms with Crippen LogP contribution in [0.3, 0.4) is 0 Å². The van der Waals surface area contributed by atoms with E-state index in [1.54, 1.807) is 30.2 Å². The Morgan fingerprint density at radius 3 is 2.77 bits per heavy atom. The molecule has 3 aromatic heterocycles. The van der Waals surface area contributed by atoms with Crippen molar-refractivity contribution in [3.8, 4) is 11.1 Å². The van der Waals surface area contributed by atoms with Crippen LogP contribution in [0.1, 0.15) is 46.8 Å². The topological polar surface area (TPSA) is 116 Å². The smallest absolute Gasteiger partial charge is 0.271 e. The van der Waals surface area contributed by atoms with E-state index < -0.39 is 17.7 Å². The van der Waals surface area contributed by atoms with Gasteiger partial charge in [0, 0.05) is 36.6 Å². The summed E-state index contributed by atoms with van der Waals surface area (Å²) in [4.78, 5) is 27.9. The van der Waals surface area contributed by atoms with Gasteiger partial charge in [-0.25, -0.2) is 13.8 Å². The zero-order valence-corrected chi connectivity index (χ0v) is 22.1. The van der Waals surface area contributed by atoms with Crippen LogP contribution in [0, 0.1) is 11.6 Å². The van der Waals surface area contributed by atoms with Crippen LogP contribution in [0.25, 0.3) is 22.2 Å². The minimum atomic E-state index is -0.673. The summed E-state index contributed by atoms with van der Waals surface area (Å²) in [5.74, 6) is -1.25. The number of H-pyrrole nitrogens is 1. The molecule has 0 radical (unpaired) electrons. The number of methoxy groups -OCH3 is 1. The standard InChI is InChI=1S/C29H29F2N5O4/c1-15-25-18(13-40-15)27-21(35-28(25)32)10-22(34-27)29(37)36(23-14-39-9-8-24(23)38-2)12-17-7-6-16(11-33-17)26-19(30)4-3-5-20(26)31/h3-7,10-11,15,23-24,34H,8-9,12-14H2,1-2H3,(H2,32,35)/t15-,23+,24+/m0/s1. The van der Waals surface area contributed by atoms with Crippen molar-refractivity contribution in [1.82, 2.24) is 19.9 Å². The monoisotopic (exact) mass is 549 g/mol. The van der Waals surface area contributed by atoms with Crippen molar-refractivity contribution in [3.05, 3.63) is 76.7 Å². The number of nitrogen functional groups attached to an aromatic ring is 1.